The van der Waals surface area contributed by atoms with Crippen molar-refractivity contribution in [3.05, 3.63) is 29.8 Å². The number of aliphatic hydroxyl groups is 1. The molecule has 1 aromatic carbocycles. The van der Waals surface area contributed by atoms with Crippen molar-refractivity contribution in [1.29, 1.82) is 0 Å². The van der Waals surface area contributed by atoms with E-state index in [9.17, 15) is 18.3 Å². The lowest BCUT2D eigenvalue weighted by Crippen LogP contribution is -2.42. The number of para-hydroxylation sites is 1. The first-order chi connectivity index (χ1) is 11.9. The number of alkyl halides is 3. The molecule has 2 aliphatic rings. The number of nitrogens with zero attached hydrogens (tertiary/aromatic N) is 2. The molecule has 2 fully saturated rings. The minimum atomic E-state index is -4.70. The largest absolute Gasteiger partial charge is 0.573 e. The number of guanidine groups is 1. The van der Waals surface area contributed by atoms with Gasteiger partial charge in [0.05, 0.1) is 6.10 Å². The Hall–Kier alpha value is -1.96. The molecular weight excluding hydrogens is 335 g/mol. The first-order valence-corrected chi connectivity index (χ1v) is 8.46. The molecule has 1 saturated heterocycles. The SMILES string of the molecule is CCN=C(NC1CC1c1ccccc1OC(F)(F)F)N1CC[C@@H](O)C1. The number of rotatable bonds is 4. The van der Waals surface area contributed by atoms with Crippen molar-refractivity contribution in [2.45, 2.75) is 44.2 Å². The van der Waals surface area contributed by atoms with Crippen molar-refractivity contribution in [2.24, 2.45) is 4.99 Å². The summed E-state index contributed by atoms with van der Waals surface area (Å²) in [5, 5.41) is 13.0. The van der Waals surface area contributed by atoms with E-state index in [0.29, 0.717) is 31.0 Å². The first kappa shape index (κ1) is 17.8. The number of ether oxygens (including phenoxy) is 1. The topological polar surface area (TPSA) is 57.1 Å². The molecule has 1 heterocycles. The Bertz CT molecular complexity index is 636. The number of aliphatic hydroxyl groups excluding tert-OH is 1. The van der Waals surface area contributed by atoms with E-state index in [1.54, 1.807) is 12.1 Å². The third-order valence-corrected chi connectivity index (χ3v) is 4.42. The number of hydrogen-bond donors (Lipinski definition) is 2. The summed E-state index contributed by atoms with van der Waals surface area (Å²) in [6, 6.07) is 6.28. The van der Waals surface area contributed by atoms with Gasteiger partial charge in [0.1, 0.15) is 5.75 Å². The van der Waals surface area contributed by atoms with Gasteiger partial charge in [-0.25, -0.2) is 0 Å². The van der Waals surface area contributed by atoms with Crippen LogP contribution in [-0.2, 0) is 0 Å². The van der Waals surface area contributed by atoms with Gasteiger partial charge in [0, 0.05) is 31.6 Å². The molecule has 1 aliphatic heterocycles. The molecule has 3 rings (SSSR count). The van der Waals surface area contributed by atoms with E-state index in [4.69, 9.17) is 0 Å². The van der Waals surface area contributed by atoms with Crippen molar-refractivity contribution in [1.82, 2.24) is 10.2 Å². The van der Waals surface area contributed by atoms with Crippen molar-refractivity contribution < 1.29 is 23.0 Å². The van der Waals surface area contributed by atoms with E-state index >= 15 is 0 Å². The molecule has 5 nitrogen and oxygen atoms in total. The van der Waals surface area contributed by atoms with Crippen LogP contribution in [0.15, 0.2) is 29.3 Å². The lowest BCUT2D eigenvalue weighted by atomic mass is 10.1. The second-order valence-corrected chi connectivity index (χ2v) is 6.37. The lowest BCUT2D eigenvalue weighted by molar-refractivity contribution is -0.274. The van der Waals surface area contributed by atoms with Gasteiger partial charge in [0.25, 0.3) is 0 Å². The molecule has 0 spiro atoms. The zero-order chi connectivity index (χ0) is 18.0. The predicted molar refractivity (Wildman–Crippen MR) is 87.6 cm³/mol. The van der Waals surface area contributed by atoms with Crippen LogP contribution in [0.2, 0.25) is 0 Å². The maximum Gasteiger partial charge on any atom is 0.573 e. The summed E-state index contributed by atoms with van der Waals surface area (Å²) in [6.07, 6.45) is -3.65. The van der Waals surface area contributed by atoms with Crippen LogP contribution in [-0.4, -0.2) is 54.1 Å². The Balaban J connectivity index is 1.67. The number of halogens is 3. The summed E-state index contributed by atoms with van der Waals surface area (Å²) < 4.78 is 41.8. The van der Waals surface area contributed by atoms with Crippen LogP contribution in [0.25, 0.3) is 0 Å². The monoisotopic (exact) mass is 357 g/mol. The van der Waals surface area contributed by atoms with Gasteiger partial charge in [0.2, 0.25) is 0 Å². The molecule has 1 saturated carbocycles. The van der Waals surface area contributed by atoms with E-state index in [-0.39, 0.29) is 23.8 Å². The van der Waals surface area contributed by atoms with E-state index < -0.39 is 6.36 Å². The molecule has 3 atom stereocenters. The van der Waals surface area contributed by atoms with Gasteiger partial charge in [-0.3, -0.25) is 4.99 Å². The fraction of sp³-hybridized carbons (Fsp3) is 0.588. The molecule has 138 valence electrons. The van der Waals surface area contributed by atoms with Crippen molar-refractivity contribution in [3.8, 4) is 5.75 Å². The van der Waals surface area contributed by atoms with E-state index in [1.807, 2.05) is 11.8 Å². The van der Waals surface area contributed by atoms with Gasteiger partial charge in [-0.1, -0.05) is 18.2 Å². The van der Waals surface area contributed by atoms with E-state index in [0.717, 1.165) is 13.0 Å². The summed E-state index contributed by atoms with van der Waals surface area (Å²) in [5.74, 6) is 0.517. The van der Waals surface area contributed by atoms with E-state index in [2.05, 4.69) is 15.0 Å². The fourth-order valence-corrected chi connectivity index (χ4v) is 3.19. The highest BCUT2D eigenvalue weighted by Gasteiger charge is 2.43. The Morgan fingerprint density at radius 1 is 1.40 bits per heavy atom. The molecular formula is C17H22F3N3O2. The highest BCUT2D eigenvalue weighted by Crippen LogP contribution is 2.45. The zero-order valence-electron chi connectivity index (χ0n) is 14.0. The normalized spacial score (nSPS) is 26.7. The van der Waals surface area contributed by atoms with Crippen LogP contribution in [0.3, 0.4) is 0 Å². The summed E-state index contributed by atoms with van der Waals surface area (Å²) in [5.41, 5.74) is 0.551. The predicted octanol–water partition coefficient (Wildman–Crippen LogP) is 2.47. The van der Waals surface area contributed by atoms with Crippen LogP contribution < -0.4 is 10.1 Å². The summed E-state index contributed by atoms with van der Waals surface area (Å²) >= 11 is 0. The van der Waals surface area contributed by atoms with Crippen molar-refractivity contribution >= 4 is 5.96 Å². The first-order valence-electron chi connectivity index (χ1n) is 8.46. The molecule has 25 heavy (non-hydrogen) atoms. The molecule has 8 heteroatoms. The molecule has 0 amide bonds. The number of likely N-dealkylation sites (tertiary alicyclic amines) is 1. The van der Waals surface area contributed by atoms with Gasteiger partial charge >= 0.3 is 6.36 Å². The maximum atomic E-state index is 12.6. The minimum Gasteiger partial charge on any atom is -0.405 e. The number of β-amino-alcohol motifs (C(OH)–C–C–N with tert-alkyl or cyclic N) is 1. The van der Waals surface area contributed by atoms with Gasteiger partial charge in [-0.05, 0) is 31.4 Å². The fourth-order valence-electron chi connectivity index (χ4n) is 3.19. The highest BCUT2D eigenvalue weighted by atomic mass is 19.4. The van der Waals surface area contributed by atoms with Gasteiger partial charge in [-0.2, -0.15) is 0 Å². The molecule has 2 unspecified atom stereocenters. The lowest BCUT2D eigenvalue weighted by Gasteiger charge is -2.22. The quantitative estimate of drug-likeness (QED) is 0.642. The second kappa shape index (κ2) is 7.11. The molecule has 0 aromatic heterocycles. The van der Waals surface area contributed by atoms with Gasteiger partial charge in [0.15, 0.2) is 5.96 Å². The maximum absolute atomic E-state index is 12.6. The van der Waals surface area contributed by atoms with Crippen molar-refractivity contribution in [2.75, 3.05) is 19.6 Å². The molecule has 0 bridgehead atoms. The van der Waals surface area contributed by atoms with Crippen LogP contribution >= 0.6 is 0 Å². The van der Waals surface area contributed by atoms with Gasteiger partial charge < -0.3 is 20.1 Å². The highest BCUT2D eigenvalue weighted by molar-refractivity contribution is 5.81. The number of benzene rings is 1. The Labute approximate surface area is 144 Å². The second-order valence-electron chi connectivity index (χ2n) is 6.37. The Morgan fingerprint density at radius 3 is 2.80 bits per heavy atom. The Morgan fingerprint density at radius 2 is 2.16 bits per heavy atom. The molecule has 1 aliphatic carbocycles. The third-order valence-electron chi connectivity index (χ3n) is 4.42. The minimum absolute atomic E-state index is 0.0148. The van der Waals surface area contributed by atoms with Crippen LogP contribution in [0, 0.1) is 0 Å². The average molecular weight is 357 g/mol. The van der Waals surface area contributed by atoms with Crippen LogP contribution in [0.5, 0.6) is 5.75 Å². The summed E-state index contributed by atoms with van der Waals surface area (Å²) in [4.78, 5) is 6.43. The third kappa shape index (κ3) is 4.56. The standard InChI is InChI=1S/C17H22F3N3O2/c1-2-21-16(23-8-7-11(24)10-23)22-14-9-13(14)12-5-3-4-6-15(12)25-17(18,19)20/h3-6,11,13-14,24H,2,7-10H2,1H3,(H,21,22)/t11-,13?,14?/m1/s1. The summed E-state index contributed by atoms with van der Waals surface area (Å²) in [7, 11) is 0. The number of aliphatic imine (C=N–C) groups is 1. The van der Waals surface area contributed by atoms with Gasteiger partial charge in [-0.15, -0.1) is 13.2 Å². The summed E-state index contributed by atoms with van der Waals surface area (Å²) in [6.45, 7) is 3.76. The smallest absolute Gasteiger partial charge is 0.405 e. The number of hydrogen-bond acceptors (Lipinski definition) is 3. The average Bonchev–Trinajstić information content (AvgIpc) is 3.16. The van der Waals surface area contributed by atoms with E-state index in [1.165, 1.54) is 12.1 Å². The zero-order valence-corrected chi connectivity index (χ0v) is 14.0. The molecule has 1 aromatic rings. The molecule has 2 N–H and O–H groups in total. The Kier molecular flexibility index (Phi) is 5.08. The molecule has 0 radical (unpaired) electrons. The number of nitrogens with one attached hydrogen (secondary N) is 1. The van der Waals surface area contributed by atoms with Crippen LogP contribution in [0.1, 0.15) is 31.2 Å². The van der Waals surface area contributed by atoms with Crippen molar-refractivity contribution in [3.63, 3.8) is 0 Å². The van der Waals surface area contributed by atoms with Crippen LogP contribution in [0.4, 0.5) is 13.2 Å².